The molecule has 1 aliphatic heterocycles. The number of hydrogen-bond donors (Lipinski definition) is 2. The second kappa shape index (κ2) is 5.76. The normalized spacial score (nSPS) is 19.3. The number of aromatic nitrogens is 2. The van der Waals surface area contributed by atoms with Crippen molar-refractivity contribution >= 4 is 17.3 Å². The van der Waals surface area contributed by atoms with Gasteiger partial charge in [0.1, 0.15) is 6.33 Å². The lowest BCUT2D eigenvalue weighted by Crippen LogP contribution is -2.46. The first-order valence-electron chi connectivity index (χ1n) is 5.99. The van der Waals surface area contributed by atoms with Crippen LogP contribution in [0.3, 0.4) is 0 Å². The fraction of sp³-hybridized carbons (Fsp3) is 0.600. The Morgan fingerprint density at radius 2 is 2.47 bits per heavy atom. The van der Waals surface area contributed by atoms with Crippen LogP contribution in [0.4, 0.5) is 17.3 Å². The predicted octanol–water partition coefficient (Wildman–Crippen LogP) is 0.286. The summed E-state index contributed by atoms with van der Waals surface area (Å²) in [4.78, 5) is 20.4. The molecule has 0 spiro atoms. The van der Waals surface area contributed by atoms with Gasteiger partial charge < -0.3 is 15.1 Å². The number of nitrogen functional groups attached to an aromatic ring is 1. The van der Waals surface area contributed by atoms with Gasteiger partial charge in [-0.1, -0.05) is 6.92 Å². The second-order valence-electron chi connectivity index (χ2n) is 4.13. The van der Waals surface area contributed by atoms with E-state index >= 15 is 0 Å². The Morgan fingerprint density at radius 1 is 1.68 bits per heavy atom. The van der Waals surface area contributed by atoms with Crippen molar-refractivity contribution in [1.82, 2.24) is 9.97 Å². The number of morpholine rings is 1. The van der Waals surface area contributed by atoms with Gasteiger partial charge in [0.2, 0.25) is 11.6 Å². The zero-order chi connectivity index (χ0) is 13.8. The number of nitrogens with two attached hydrogens (primary N) is 1. The monoisotopic (exact) mass is 268 g/mol. The third kappa shape index (κ3) is 2.56. The van der Waals surface area contributed by atoms with Gasteiger partial charge in [0.05, 0.1) is 24.2 Å². The van der Waals surface area contributed by atoms with E-state index in [4.69, 9.17) is 10.6 Å². The van der Waals surface area contributed by atoms with E-state index in [1.54, 1.807) is 0 Å². The molecule has 0 aromatic carbocycles. The van der Waals surface area contributed by atoms with Crippen molar-refractivity contribution in [3.8, 4) is 0 Å². The minimum Gasteiger partial charge on any atom is -0.377 e. The third-order valence-corrected chi connectivity index (χ3v) is 3.09. The van der Waals surface area contributed by atoms with Crippen LogP contribution in [0.5, 0.6) is 0 Å². The fourth-order valence-corrected chi connectivity index (χ4v) is 2.13. The summed E-state index contributed by atoms with van der Waals surface area (Å²) in [6, 6.07) is 0.0629. The molecule has 2 heterocycles. The summed E-state index contributed by atoms with van der Waals surface area (Å²) in [5.41, 5.74) is 2.04. The van der Waals surface area contributed by atoms with Crippen LogP contribution in [-0.4, -0.2) is 40.7 Å². The Morgan fingerprint density at radius 3 is 3.11 bits per heavy atom. The van der Waals surface area contributed by atoms with Crippen LogP contribution < -0.4 is 16.2 Å². The number of nitro groups is 1. The summed E-state index contributed by atoms with van der Waals surface area (Å²) < 4.78 is 5.39. The summed E-state index contributed by atoms with van der Waals surface area (Å²) in [5.74, 6) is 5.56. The van der Waals surface area contributed by atoms with Gasteiger partial charge in [0.15, 0.2) is 0 Å². The molecule has 19 heavy (non-hydrogen) atoms. The summed E-state index contributed by atoms with van der Waals surface area (Å²) in [7, 11) is 0. The highest BCUT2D eigenvalue weighted by Gasteiger charge is 2.31. The molecular formula is C10H16N6O3. The molecule has 1 aromatic heterocycles. The summed E-state index contributed by atoms with van der Waals surface area (Å²) >= 11 is 0. The van der Waals surface area contributed by atoms with E-state index in [-0.39, 0.29) is 23.4 Å². The molecule has 0 amide bonds. The van der Waals surface area contributed by atoms with Gasteiger partial charge >= 0.3 is 5.69 Å². The average molecular weight is 268 g/mol. The summed E-state index contributed by atoms with van der Waals surface area (Å²) in [6.45, 7) is 3.61. The highest BCUT2D eigenvalue weighted by atomic mass is 16.6. The lowest BCUT2D eigenvalue weighted by molar-refractivity contribution is -0.383. The summed E-state index contributed by atoms with van der Waals surface area (Å²) in [6.07, 6.45) is 2.08. The first-order chi connectivity index (χ1) is 9.19. The molecule has 104 valence electrons. The molecule has 2 rings (SSSR count). The number of ether oxygens (including phenoxy) is 1. The Balaban J connectivity index is 2.45. The van der Waals surface area contributed by atoms with E-state index in [1.807, 2.05) is 11.8 Å². The molecule has 0 aliphatic carbocycles. The van der Waals surface area contributed by atoms with Crippen molar-refractivity contribution in [2.24, 2.45) is 5.84 Å². The zero-order valence-corrected chi connectivity index (χ0v) is 10.6. The lowest BCUT2D eigenvalue weighted by atomic mass is 10.1. The van der Waals surface area contributed by atoms with Gasteiger partial charge in [-0.05, 0) is 6.42 Å². The number of anilines is 2. The van der Waals surface area contributed by atoms with Gasteiger partial charge in [-0.25, -0.2) is 15.8 Å². The molecule has 1 unspecified atom stereocenters. The first-order valence-corrected chi connectivity index (χ1v) is 5.99. The van der Waals surface area contributed by atoms with Crippen molar-refractivity contribution in [2.75, 3.05) is 30.1 Å². The molecule has 3 N–H and O–H groups in total. The molecule has 1 saturated heterocycles. The standard InChI is InChI=1S/C10H16N6O3/c1-2-7-5-19-4-3-15(7)10-8(16(17)18)9(14-11)12-6-13-10/h6-7H,2-5,11H2,1H3,(H,12,13,14). The van der Waals surface area contributed by atoms with Crippen LogP contribution in [0.25, 0.3) is 0 Å². The number of nitrogens with zero attached hydrogens (tertiary/aromatic N) is 4. The van der Waals surface area contributed by atoms with Gasteiger partial charge in [-0.3, -0.25) is 10.1 Å². The van der Waals surface area contributed by atoms with Crippen LogP contribution >= 0.6 is 0 Å². The maximum absolute atomic E-state index is 11.2. The van der Waals surface area contributed by atoms with E-state index in [0.29, 0.717) is 19.8 Å². The van der Waals surface area contributed by atoms with E-state index < -0.39 is 4.92 Å². The maximum Gasteiger partial charge on any atom is 0.354 e. The minimum atomic E-state index is -0.521. The Kier molecular flexibility index (Phi) is 4.07. The van der Waals surface area contributed by atoms with Crippen molar-refractivity contribution in [3.63, 3.8) is 0 Å². The largest absolute Gasteiger partial charge is 0.377 e. The SMILES string of the molecule is CCC1COCCN1c1ncnc(NN)c1[N+](=O)[O-]. The number of nitrogens with one attached hydrogen (secondary N) is 1. The maximum atomic E-state index is 11.2. The third-order valence-electron chi connectivity index (χ3n) is 3.09. The van der Waals surface area contributed by atoms with Crippen molar-refractivity contribution in [3.05, 3.63) is 16.4 Å². The first kappa shape index (κ1) is 13.4. The average Bonchev–Trinajstić information content (AvgIpc) is 2.46. The second-order valence-corrected chi connectivity index (χ2v) is 4.13. The van der Waals surface area contributed by atoms with Crippen LogP contribution in [0.2, 0.25) is 0 Å². The zero-order valence-electron chi connectivity index (χ0n) is 10.6. The van der Waals surface area contributed by atoms with Gasteiger partial charge in [-0.15, -0.1) is 0 Å². The number of hydrazine groups is 1. The summed E-state index contributed by atoms with van der Waals surface area (Å²) in [5, 5.41) is 11.2. The Hall–Kier alpha value is -2.00. The molecule has 9 nitrogen and oxygen atoms in total. The van der Waals surface area contributed by atoms with Crippen molar-refractivity contribution < 1.29 is 9.66 Å². The molecule has 1 fully saturated rings. The molecule has 1 aromatic rings. The molecule has 0 saturated carbocycles. The topological polar surface area (TPSA) is 119 Å². The predicted molar refractivity (Wildman–Crippen MR) is 68.7 cm³/mol. The van der Waals surface area contributed by atoms with Crippen molar-refractivity contribution in [2.45, 2.75) is 19.4 Å². The van der Waals surface area contributed by atoms with Crippen LogP contribution in [0.1, 0.15) is 13.3 Å². The Bertz CT molecular complexity index is 469. The van der Waals surface area contributed by atoms with Crippen LogP contribution in [-0.2, 0) is 4.74 Å². The Labute approximate surface area is 109 Å². The molecule has 0 bridgehead atoms. The lowest BCUT2D eigenvalue weighted by Gasteiger charge is -2.35. The minimum absolute atomic E-state index is 0.0105. The molecule has 1 atom stereocenters. The molecule has 0 radical (unpaired) electrons. The van der Waals surface area contributed by atoms with Gasteiger partial charge in [0.25, 0.3) is 0 Å². The molecule has 9 heteroatoms. The van der Waals surface area contributed by atoms with Crippen LogP contribution in [0, 0.1) is 10.1 Å². The van der Waals surface area contributed by atoms with Crippen molar-refractivity contribution in [1.29, 1.82) is 0 Å². The van der Waals surface area contributed by atoms with Gasteiger partial charge in [-0.2, -0.15) is 0 Å². The van der Waals surface area contributed by atoms with E-state index in [0.717, 1.165) is 6.42 Å². The van der Waals surface area contributed by atoms with E-state index in [9.17, 15) is 10.1 Å². The fourth-order valence-electron chi connectivity index (χ4n) is 2.13. The smallest absolute Gasteiger partial charge is 0.354 e. The number of hydrogen-bond acceptors (Lipinski definition) is 8. The highest BCUT2D eigenvalue weighted by molar-refractivity contribution is 5.70. The molecular weight excluding hydrogens is 252 g/mol. The van der Waals surface area contributed by atoms with E-state index in [2.05, 4.69) is 15.4 Å². The number of rotatable bonds is 4. The van der Waals surface area contributed by atoms with E-state index in [1.165, 1.54) is 6.33 Å². The quantitative estimate of drug-likeness (QED) is 0.454. The van der Waals surface area contributed by atoms with Crippen LogP contribution in [0.15, 0.2) is 6.33 Å². The van der Waals surface area contributed by atoms with Gasteiger partial charge in [0, 0.05) is 6.54 Å². The highest BCUT2D eigenvalue weighted by Crippen LogP contribution is 2.33. The molecule has 1 aliphatic rings.